The van der Waals surface area contributed by atoms with Gasteiger partial charge >= 0.3 is 12.1 Å². The number of esters is 1. The number of carbonyl (C=O) groups excluding carboxylic acids is 2. The van der Waals surface area contributed by atoms with Crippen molar-refractivity contribution in [1.29, 1.82) is 0 Å². The van der Waals surface area contributed by atoms with Gasteiger partial charge < -0.3 is 23.8 Å². The quantitative estimate of drug-likeness (QED) is 0.338. The standard InChI is InChI=1S/C31H37NO7/c1-31(2,3)38-30(34)39-32-17-26(20-35-4)28(23-12-14-24(15-13-23)29(33)36-5)27(18-32)37-19-21-10-11-22-8-6-7-9-25(22)16-21/h6-16,26-28H,17-20H2,1-5H3. The van der Waals surface area contributed by atoms with Crippen LogP contribution in [0.5, 0.6) is 0 Å². The topological polar surface area (TPSA) is 83.5 Å². The average molecular weight is 536 g/mol. The summed E-state index contributed by atoms with van der Waals surface area (Å²) in [5.74, 6) is -0.521. The van der Waals surface area contributed by atoms with Gasteiger partial charge in [0.05, 0.1) is 38.5 Å². The highest BCUT2D eigenvalue weighted by Crippen LogP contribution is 2.36. The monoisotopic (exact) mass is 535 g/mol. The third-order valence-corrected chi connectivity index (χ3v) is 6.70. The van der Waals surface area contributed by atoms with E-state index in [2.05, 4.69) is 30.3 Å². The van der Waals surface area contributed by atoms with Crippen molar-refractivity contribution in [1.82, 2.24) is 5.06 Å². The lowest BCUT2D eigenvalue weighted by Gasteiger charge is -2.42. The fourth-order valence-corrected chi connectivity index (χ4v) is 5.02. The maximum absolute atomic E-state index is 12.5. The lowest BCUT2D eigenvalue weighted by Crippen LogP contribution is -2.51. The van der Waals surface area contributed by atoms with E-state index in [0.717, 1.165) is 16.5 Å². The second-order valence-electron chi connectivity index (χ2n) is 10.8. The van der Waals surface area contributed by atoms with Crippen LogP contribution in [0.3, 0.4) is 0 Å². The molecule has 1 saturated heterocycles. The lowest BCUT2D eigenvalue weighted by atomic mass is 9.79. The van der Waals surface area contributed by atoms with E-state index in [9.17, 15) is 9.59 Å². The molecule has 39 heavy (non-hydrogen) atoms. The van der Waals surface area contributed by atoms with Crippen molar-refractivity contribution in [2.45, 2.75) is 45.0 Å². The van der Waals surface area contributed by atoms with Crippen molar-refractivity contribution in [2.24, 2.45) is 5.92 Å². The third-order valence-electron chi connectivity index (χ3n) is 6.70. The molecule has 4 rings (SSSR count). The first-order valence-electron chi connectivity index (χ1n) is 13.1. The number of ether oxygens (including phenoxy) is 4. The van der Waals surface area contributed by atoms with Gasteiger partial charge in [0.15, 0.2) is 0 Å². The molecule has 1 fully saturated rings. The van der Waals surface area contributed by atoms with Crippen LogP contribution in [-0.4, -0.2) is 62.8 Å². The van der Waals surface area contributed by atoms with Gasteiger partial charge in [0, 0.05) is 25.5 Å². The third kappa shape index (κ3) is 7.56. The van der Waals surface area contributed by atoms with Crippen LogP contribution < -0.4 is 0 Å². The molecule has 8 nitrogen and oxygen atoms in total. The Balaban J connectivity index is 1.60. The molecule has 1 aliphatic rings. The molecule has 0 radical (unpaired) electrons. The molecule has 8 heteroatoms. The molecule has 0 amide bonds. The number of methoxy groups -OCH3 is 2. The summed E-state index contributed by atoms with van der Waals surface area (Å²) in [5.41, 5.74) is 1.85. The maximum Gasteiger partial charge on any atom is 0.528 e. The van der Waals surface area contributed by atoms with Gasteiger partial charge in [-0.2, -0.15) is 0 Å². The lowest BCUT2D eigenvalue weighted by molar-refractivity contribution is -0.195. The molecule has 3 aromatic carbocycles. The first-order chi connectivity index (χ1) is 18.7. The fraction of sp³-hybridized carbons (Fsp3) is 0.419. The Labute approximate surface area is 229 Å². The SMILES string of the molecule is COCC1CN(OC(=O)OC(C)(C)C)CC(OCc2ccc3ccccc3c2)C1c1ccc(C(=O)OC)cc1. The minimum Gasteiger partial charge on any atom is -0.465 e. The van der Waals surface area contributed by atoms with Crippen molar-refractivity contribution in [3.05, 3.63) is 83.4 Å². The Kier molecular flexibility index (Phi) is 9.22. The average Bonchev–Trinajstić information content (AvgIpc) is 2.90. The number of hydrogen-bond acceptors (Lipinski definition) is 8. The summed E-state index contributed by atoms with van der Waals surface area (Å²) >= 11 is 0. The number of benzene rings is 3. The van der Waals surface area contributed by atoms with Crippen molar-refractivity contribution < 1.29 is 33.4 Å². The van der Waals surface area contributed by atoms with Crippen LogP contribution in [0.15, 0.2) is 66.7 Å². The summed E-state index contributed by atoms with van der Waals surface area (Å²) < 4.78 is 22.4. The van der Waals surface area contributed by atoms with E-state index >= 15 is 0 Å². The Bertz CT molecular complexity index is 1270. The van der Waals surface area contributed by atoms with Crippen LogP contribution in [0.1, 0.15) is 48.2 Å². The zero-order valence-corrected chi connectivity index (χ0v) is 23.2. The van der Waals surface area contributed by atoms with Crippen molar-refractivity contribution in [3.63, 3.8) is 0 Å². The molecule has 0 saturated carbocycles. The molecule has 0 spiro atoms. The highest BCUT2D eigenvalue weighted by molar-refractivity contribution is 5.89. The molecule has 208 valence electrons. The summed E-state index contributed by atoms with van der Waals surface area (Å²) in [6, 6.07) is 21.8. The molecule has 0 aliphatic carbocycles. The summed E-state index contributed by atoms with van der Waals surface area (Å²) in [7, 11) is 3.01. The molecule has 1 aliphatic heterocycles. The number of rotatable bonds is 8. The molecule has 1 heterocycles. The van der Waals surface area contributed by atoms with Gasteiger partial charge in [-0.15, -0.1) is 5.06 Å². The van der Waals surface area contributed by atoms with Crippen LogP contribution in [0.4, 0.5) is 4.79 Å². The van der Waals surface area contributed by atoms with Gasteiger partial charge in [-0.3, -0.25) is 0 Å². The van der Waals surface area contributed by atoms with Crippen LogP contribution in [-0.2, 0) is 30.4 Å². The van der Waals surface area contributed by atoms with Gasteiger partial charge in [0.2, 0.25) is 0 Å². The molecule has 3 atom stereocenters. The number of fused-ring (bicyclic) bond motifs is 1. The zero-order valence-electron chi connectivity index (χ0n) is 23.2. The fourth-order valence-electron chi connectivity index (χ4n) is 5.02. The minimum atomic E-state index is -0.757. The van der Waals surface area contributed by atoms with Gasteiger partial charge in [0.25, 0.3) is 0 Å². The zero-order chi connectivity index (χ0) is 28.0. The van der Waals surface area contributed by atoms with Crippen molar-refractivity contribution >= 4 is 22.9 Å². The molecule has 0 N–H and O–H groups in total. The van der Waals surface area contributed by atoms with Gasteiger partial charge in [-0.1, -0.05) is 48.5 Å². The van der Waals surface area contributed by atoms with Crippen LogP contribution in [0.2, 0.25) is 0 Å². The number of hydrogen-bond donors (Lipinski definition) is 0. The number of nitrogens with zero attached hydrogens (tertiary/aromatic N) is 1. The predicted molar refractivity (Wildman–Crippen MR) is 147 cm³/mol. The van der Waals surface area contributed by atoms with Gasteiger partial charge in [-0.25, -0.2) is 9.59 Å². The van der Waals surface area contributed by atoms with Gasteiger partial charge in [0.1, 0.15) is 5.60 Å². The predicted octanol–water partition coefficient (Wildman–Crippen LogP) is 5.74. The van der Waals surface area contributed by atoms with Crippen LogP contribution >= 0.6 is 0 Å². The molecular weight excluding hydrogens is 498 g/mol. The normalized spacial score (nSPS) is 20.0. The van der Waals surface area contributed by atoms with Crippen molar-refractivity contribution in [3.8, 4) is 0 Å². The smallest absolute Gasteiger partial charge is 0.465 e. The largest absolute Gasteiger partial charge is 0.528 e. The Morgan fingerprint density at radius 2 is 1.64 bits per heavy atom. The van der Waals surface area contributed by atoms with E-state index in [1.165, 1.54) is 12.5 Å². The second kappa shape index (κ2) is 12.6. The Hall–Kier alpha value is -3.46. The summed E-state index contributed by atoms with van der Waals surface area (Å²) in [6.45, 7) is 6.97. The summed E-state index contributed by atoms with van der Waals surface area (Å²) in [4.78, 5) is 30.1. The van der Waals surface area contributed by atoms with E-state index in [1.807, 2.05) is 24.3 Å². The van der Waals surface area contributed by atoms with E-state index in [-0.39, 0.29) is 23.9 Å². The number of hydroxylamine groups is 2. The summed E-state index contributed by atoms with van der Waals surface area (Å²) in [5, 5.41) is 3.91. The van der Waals surface area contributed by atoms with Crippen LogP contribution in [0.25, 0.3) is 10.8 Å². The molecular formula is C31H37NO7. The van der Waals surface area contributed by atoms with E-state index in [4.69, 9.17) is 23.8 Å². The second-order valence-corrected chi connectivity index (χ2v) is 10.8. The van der Waals surface area contributed by atoms with E-state index < -0.39 is 11.8 Å². The molecule has 3 unspecified atom stereocenters. The molecule has 3 aromatic rings. The van der Waals surface area contributed by atoms with Crippen molar-refractivity contribution in [2.75, 3.05) is 33.9 Å². The van der Waals surface area contributed by atoms with Gasteiger partial charge in [-0.05, 0) is 60.9 Å². The minimum absolute atomic E-state index is 0.0585. The first-order valence-corrected chi connectivity index (χ1v) is 13.1. The van der Waals surface area contributed by atoms with E-state index in [1.54, 1.807) is 45.1 Å². The first kappa shape index (κ1) is 28.5. The maximum atomic E-state index is 12.5. The van der Waals surface area contributed by atoms with E-state index in [0.29, 0.717) is 31.9 Å². The highest BCUT2D eigenvalue weighted by atomic mass is 16.8. The summed E-state index contributed by atoms with van der Waals surface area (Å²) in [6.07, 6.45) is -1.09. The Morgan fingerprint density at radius 1 is 0.923 bits per heavy atom. The highest BCUT2D eigenvalue weighted by Gasteiger charge is 2.40. The number of piperidine rings is 1. The Morgan fingerprint density at radius 3 is 2.31 bits per heavy atom. The number of carbonyl (C=O) groups is 2. The molecule has 0 bridgehead atoms. The van der Waals surface area contributed by atoms with Crippen LogP contribution in [0, 0.1) is 5.92 Å². The molecule has 0 aromatic heterocycles.